The number of alkyl halides is 1. The molecule has 1 saturated heterocycles. The molecule has 2 atom stereocenters. The topological polar surface area (TPSA) is 29.3 Å². The Kier molecular flexibility index (Phi) is 4.67. The van der Waals surface area contributed by atoms with Gasteiger partial charge in [0.05, 0.1) is 0 Å². The quantitative estimate of drug-likeness (QED) is 0.722. The van der Waals surface area contributed by atoms with E-state index >= 15 is 0 Å². The van der Waals surface area contributed by atoms with Gasteiger partial charge in [-0.3, -0.25) is 4.90 Å². The number of nitrogens with zero attached hydrogens (tertiary/aromatic N) is 1. The average molecular weight is 188 g/mol. The van der Waals surface area contributed by atoms with Gasteiger partial charge in [-0.05, 0) is 25.3 Å². The minimum Gasteiger partial charge on any atom is -0.329 e. The van der Waals surface area contributed by atoms with Gasteiger partial charge in [-0.15, -0.1) is 0 Å². The summed E-state index contributed by atoms with van der Waals surface area (Å²) in [4.78, 5) is 2.20. The second kappa shape index (κ2) is 5.55. The van der Waals surface area contributed by atoms with Crippen LogP contribution in [0.2, 0.25) is 0 Å². The average Bonchev–Trinajstić information content (AvgIpc) is 2.19. The van der Waals surface area contributed by atoms with Crippen LogP contribution in [0.25, 0.3) is 0 Å². The molecule has 0 aromatic heterocycles. The van der Waals surface area contributed by atoms with Crippen LogP contribution in [0.5, 0.6) is 0 Å². The maximum Gasteiger partial charge on any atom is 0.102 e. The lowest BCUT2D eigenvalue weighted by molar-refractivity contribution is 0.107. The molecular weight excluding hydrogens is 167 g/mol. The Balaban J connectivity index is 2.40. The second-order valence-corrected chi connectivity index (χ2v) is 3.91. The summed E-state index contributed by atoms with van der Waals surface area (Å²) in [5.41, 5.74) is 5.68. The number of hydrogen-bond donors (Lipinski definition) is 1. The fourth-order valence-electron chi connectivity index (χ4n) is 2.20. The number of hydrogen-bond acceptors (Lipinski definition) is 2. The third kappa shape index (κ3) is 2.92. The molecule has 0 radical (unpaired) electrons. The lowest BCUT2D eigenvalue weighted by atomic mass is 9.89. The highest BCUT2D eigenvalue weighted by molar-refractivity contribution is 4.81. The largest absolute Gasteiger partial charge is 0.329 e. The lowest BCUT2D eigenvalue weighted by Gasteiger charge is -2.38. The molecule has 2 unspecified atom stereocenters. The van der Waals surface area contributed by atoms with Crippen molar-refractivity contribution in [2.24, 2.45) is 11.7 Å². The molecule has 0 saturated carbocycles. The van der Waals surface area contributed by atoms with Gasteiger partial charge in [0.2, 0.25) is 0 Å². The summed E-state index contributed by atoms with van der Waals surface area (Å²) in [6.07, 6.45) is 3.61. The van der Waals surface area contributed by atoms with Crippen LogP contribution >= 0.6 is 0 Å². The molecule has 0 bridgehead atoms. The van der Waals surface area contributed by atoms with E-state index in [-0.39, 0.29) is 6.67 Å². The fourth-order valence-corrected chi connectivity index (χ4v) is 2.20. The van der Waals surface area contributed by atoms with E-state index in [1.54, 1.807) is 0 Å². The first-order valence-corrected chi connectivity index (χ1v) is 5.31. The molecule has 1 aliphatic rings. The Morgan fingerprint density at radius 3 is 2.85 bits per heavy atom. The summed E-state index contributed by atoms with van der Waals surface area (Å²) < 4.78 is 12.2. The maximum atomic E-state index is 12.2. The van der Waals surface area contributed by atoms with Crippen molar-refractivity contribution in [2.75, 3.05) is 26.3 Å². The van der Waals surface area contributed by atoms with Gasteiger partial charge < -0.3 is 5.73 Å². The molecule has 0 aliphatic carbocycles. The van der Waals surface area contributed by atoms with E-state index in [4.69, 9.17) is 5.73 Å². The van der Waals surface area contributed by atoms with Crippen LogP contribution < -0.4 is 5.73 Å². The molecular formula is C10H21FN2. The van der Waals surface area contributed by atoms with Gasteiger partial charge in [-0.1, -0.05) is 13.3 Å². The van der Waals surface area contributed by atoms with E-state index in [0.717, 1.165) is 18.9 Å². The first-order valence-electron chi connectivity index (χ1n) is 5.31. The zero-order valence-corrected chi connectivity index (χ0v) is 8.51. The first-order chi connectivity index (χ1) is 6.31. The summed E-state index contributed by atoms with van der Waals surface area (Å²) in [7, 11) is 0. The Bertz CT molecular complexity index is 141. The van der Waals surface area contributed by atoms with E-state index < -0.39 is 0 Å². The van der Waals surface area contributed by atoms with Crippen molar-refractivity contribution >= 4 is 0 Å². The molecule has 13 heavy (non-hydrogen) atoms. The summed E-state index contributed by atoms with van der Waals surface area (Å²) in [5, 5.41) is 0. The van der Waals surface area contributed by atoms with Crippen molar-refractivity contribution < 1.29 is 4.39 Å². The number of rotatable bonds is 4. The van der Waals surface area contributed by atoms with Gasteiger partial charge in [-0.25, -0.2) is 4.39 Å². The van der Waals surface area contributed by atoms with E-state index in [2.05, 4.69) is 11.8 Å². The van der Waals surface area contributed by atoms with E-state index in [9.17, 15) is 4.39 Å². The molecule has 78 valence electrons. The summed E-state index contributed by atoms with van der Waals surface area (Å²) in [6.45, 7) is 4.26. The van der Waals surface area contributed by atoms with Crippen molar-refractivity contribution in [3.8, 4) is 0 Å². The van der Waals surface area contributed by atoms with Crippen LogP contribution in [0.4, 0.5) is 4.39 Å². The van der Waals surface area contributed by atoms with Crippen LogP contribution in [0.15, 0.2) is 0 Å². The third-order valence-corrected chi connectivity index (χ3v) is 3.17. The Labute approximate surface area is 80.3 Å². The van der Waals surface area contributed by atoms with Crippen LogP contribution in [-0.4, -0.2) is 37.3 Å². The zero-order chi connectivity index (χ0) is 9.68. The van der Waals surface area contributed by atoms with Crippen LogP contribution in [0.1, 0.15) is 26.2 Å². The van der Waals surface area contributed by atoms with Crippen molar-refractivity contribution in [3.63, 3.8) is 0 Å². The van der Waals surface area contributed by atoms with Crippen molar-refractivity contribution in [3.05, 3.63) is 0 Å². The normalized spacial score (nSPS) is 30.7. The molecule has 3 heteroatoms. The third-order valence-electron chi connectivity index (χ3n) is 3.17. The monoisotopic (exact) mass is 188 g/mol. The number of piperidine rings is 1. The van der Waals surface area contributed by atoms with Gasteiger partial charge >= 0.3 is 0 Å². The van der Waals surface area contributed by atoms with Crippen LogP contribution in [-0.2, 0) is 0 Å². The van der Waals surface area contributed by atoms with Gasteiger partial charge in [0.15, 0.2) is 0 Å². The molecule has 0 aromatic rings. The Morgan fingerprint density at radius 2 is 2.31 bits per heavy atom. The molecule has 1 aliphatic heterocycles. The Hall–Kier alpha value is -0.150. The number of nitrogens with two attached hydrogens (primary N) is 1. The number of likely N-dealkylation sites (tertiary alicyclic amines) is 1. The van der Waals surface area contributed by atoms with Crippen LogP contribution in [0, 0.1) is 5.92 Å². The highest BCUT2D eigenvalue weighted by Gasteiger charge is 2.25. The second-order valence-electron chi connectivity index (χ2n) is 3.91. The van der Waals surface area contributed by atoms with E-state index in [1.807, 2.05) is 0 Å². The highest BCUT2D eigenvalue weighted by Crippen LogP contribution is 2.24. The first kappa shape index (κ1) is 10.9. The minimum atomic E-state index is -0.243. The predicted octanol–water partition coefficient (Wildman–Crippen LogP) is 1.41. The molecule has 1 heterocycles. The smallest absolute Gasteiger partial charge is 0.102 e. The van der Waals surface area contributed by atoms with Gasteiger partial charge in [-0.2, -0.15) is 0 Å². The fraction of sp³-hybridized carbons (Fsp3) is 1.00. The molecule has 0 amide bonds. The molecule has 2 nitrogen and oxygen atoms in total. The molecule has 0 aromatic carbocycles. The Morgan fingerprint density at radius 1 is 1.54 bits per heavy atom. The van der Waals surface area contributed by atoms with E-state index in [1.165, 1.54) is 12.8 Å². The van der Waals surface area contributed by atoms with Crippen molar-refractivity contribution in [2.45, 2.75) is 32.2 Å². The molecule has 1 fully saturated rings. The van der Waals surface area contributed by atoms with Crippen LogP contribution in [0.3, 0.4) is 0 Å². The summed E-state index contributed by atoms with van der Waals surface area (Å²) >= 11 is 0. The van der Waals surface area contributed by atoms with E-state index in [0.29, 0.717) is 19.1 Å². The van der Waals surface area contributed by atoms with Gasteiger partial charge in [0, 0.05) is 19.1 Å². The van der Waals surface area contributed by atoms with Crippen molar-refractivity contribution in [1.82, 2.24) is 4.90 Å². The van der Waals surface area contributed by atoms with Crippen molar-refractivity contribution in [1.29, 1.82) is 0 Å². The SMILES string of the molecule is CCC1CCN(CCF)C(CN)C1. The predicted molar refractivity (Wildman–Crippen MR) is 53.4 cm³/mol. The lowest BCUT2D eigenvalue weighted by Crippen LogP contribution is -2.47. The highest BCUT2D eigenvalue weighted by atomic mass is 19.1. The minimum absolute atomic E-state index is 0.243. The van der Waals surface area contributed by atoms with Gasteiger partial charge in [0.25, 0.3) is 0 Å². The summed E-state index contributed by atoms with van der Waals surface area (Å²) in [5.74, 6) is 0.810. The van der Waals surface area contributed by atoms with Gasteiger partial charge in [0.1, 0.15) is 6.67 Å². The zero-order valence-electron chi connectivity index (χ0n) is 8.51. The summed E-state index contributed by atoms with van der Waals surface area (Å²) in [6, 6.07) is 0.425. The molecule has 0 spiro atoms. The standard InChI is InChI=1S/C10H21FN2/c1-2-9-3-5-13(6-4-11)10(7-9)8-12/h9-10H,2-8,12H2,1H3. The number of halogens is 1. The molecule has 1 rings (SSSR count). The molecule has 2 N–H and O–H groups in total. The maximum absolute atomic E-state index is 12.2.